The zero-order valence-electron chi connectivity index (χ0n) is 11.1. The van der Waals surface area contributed by atoms with Gasteiger partial charge in [0.2, 0.25) is 10.0 Å². The van der Waals surface area contributed by atoms with Crippen molar-refractivity contribution in [1.82, 2.24) is 10.0 Å². The fourth-order valence-electron chi connectivity index (χ4n) is 2.02. The van der Waals surface area contributed by atoms with Crippen molar-refractivity contribution in [3.05, 3.63) is 17.0 Å². The van der Waals surface area contributed by atoms with Crippen LogP contribution in [0.5, 0.6) is 0 Å². The number of sulfone groups is 1. The predicted octanol–water partition coefficient (Wildman–Crippen LogP) is 0.323. The Balaban J connectivity index is 2.05. The van der Waals surface area contributed by atoms with E-state index in [0.717, 1.165) is 23.4 Å². The minimum Gasteiger partial charge on any atom is -0.313 e. The monoisotopic (exact) mass is 338 g/mol. The molecule has 2 heterocycles. The second-order valence-corrected chi connectivity index (χ2v) is 9.86. The number of thiophene rings is 1. The number of nitrogens with one attached hydrogen (secondary N) is 2. The Labute approximate surface area is 123 Å². The summed E-state index contributed by atoms with van der Waals surface area (Å²) < 4.78 is 49.7. The van der Waals surface area contributed by atoms with E-state index in [-0.39, 0.29) is 15.7 Å². The summed E-state index contributed by atoms with van der Waals surface area (Å²) in [4.78, 5) is 0. The van der Waals surface area contributed by atoms with E-state index in [9.17, 15) is 16.8 Å². The maximum Gasteiger partial charge on any atom is 0.250 e. The lowest BCUT2D eigenvalue weighted by Gasteiger charge is -2.09. The number of hydrogen-bond acceptors (Lipinski definition) is 6. The molecular weight excluding hydrogens is 320 g/mol. The Morgan fingerprint density at radius 2 is 2.20 bits per heavy atom. The van der Waals surface area contributed by atoms with Crippen molar-refractivity contribution in [2.24, 2.45) is 0 Å². The van der Waals surface area contributed by atoms with E-state index < -0.39 is 25.9 Å². The average Bonchev–Trinajstić information content (AvgIpc) is 2.93. The van der Waals surface area contributed by atoms with Gasteiger partial charge >= 0.3 is 0 Å². The lowest BCUT2D eigenvalue weighted by molar-refractivity contribution is 0.564. The first-order valence-electron chi connectivity index (χ1n) is 6.33. The predicted molar refractivity (Wildman–Crippen MR) is 79.1 cm³/mol. The van der Waals surface area contributed by atoms with Crippen LogP contribution < -0.4 is 10.0 Å². The standard InChI is InChI=1S/C11H18N2O4S3/c1-2-12-6-9-5-11(18-7-9)20(16,17)13-10-3-4-19(14,15)8-10/h5,7,10,12-13H,2-4,6,8H2,1H3. The van der Waals surface area contributed by atoms with Crippen molar-refractivity contribution in [2.45, 2.75) is 30.1 Å². The van der Waals surface area contributed by atoms with Crippen LogP contribution in [-0.2, 0) is 26.4 Å². The van der Waals surface area contributed by atoms with Crippen LogP contribution in [0.2, 0.25) is 0 Å². The molecule has 0 amide bonds. The molecule has 6 nitrogen and oxygen atoms in total. The molecule has 9 heteroatoms. The molecule has 1 aromatic heterocycles. The quantitative estimate of drug-likeness (QED) is 0.779. The first-order valence-corrected chi connectivity index (χ1v) is 10.5. The minimum atomic E-state index is -3.62. The smallest absolute Gasteiger partial charge is 0.250 e. The second-order valence-electron chi connectivity index (χ2n) is 4.78. The van der Waals surface area contributed by atoms with Crippen molar-refractivity contribution in [3.63, 3.8) is 0 Å². The van der Waals surface area contributed by atoms with E-state index in [1.807, 2.05) is 6.92 Å². The van der Waals surface area contributed by atoms with Gasteiger partial charge in [-0.2, -0.15) is 0 Å². The van der Waals surface area contributed by atoms with Gasteiger partial charge in [0.25, 0.3) is 0 Å². The van der Waals surface area contributed by atoms with Crippen LogP contribution in [0.25, 0.3) is 0 Å². The zero-order valence-corrected chi connectivity index (χ0v) is 13.6. The summed E-state index contributed by atoms with van der Waals surface area (Å²) in [6.45, 7) is 3.42. The molecule has 1 aliphatic rings. The first-order chi connectivity index (χ1) is 9.32. The van der Waals surface area contributed by atoms with Gasteiger partial charge in [0.15, 0.2) is 9.84 Å². The van der Waals surface area contributed by atoms with Crippen molar-refractivity contribution < 1.29 is 16.8 Å². The Morgan fingerprint density at radius 1 is 1.45 bits per heavy atom. The van der Waals surface area contributed by atoms with Crippen LogP contribution in [0.3, 0.4) is 0 Å². The van der Waals surface area contributed by atoms with Crippen LogP contribution in [0.15, 0.2) is 15.7 Å². The highest BCUT2D eigenvalue weighted by molar-refractivity contribution is 7.92. The van der Waals surface area contributed by atoms with Gasteiger partial charge in [0.05, 0.1) is 11.5 Å². The van der Waals surface area contributed by atoms with E-state index in [1.165, 1.54) is 0 Å². The number of rotatable bonds is 6. The van der Waals surface area contributed by atoms with Gasteiger partial charge in [0, 0.05) is 12.6 Å². The van der Waals surface area contributed by atoms with Crippen LogP contribution in [0, 0.1) is 0 Å². The Bertz CT molecular complexity index is 664. The highest BCUT2D eigenvalue weighted by atomic mass is 32.2. The van der Waals surface area contributed by atoms with Gasteiger partial charge in [-0.05, 0) is 30.0 Å². The fourth-order valence-corrected chi connectivity index (χ4v) is 6.30. The normalized spacial score (nSPS) is 22.1. The Kier molecular flexibility index (Phi) is 4.85. The maximum absolute atomic E-state index is 12.2. The Hall–Kier alpha value is -0.480. The molecule has 1 aliphatic heterocycles. The van der Waals surface area contributed by atoms with E-state index >= 15 is 0 Å². The third kappa shape index (κ3) is 4.01. The maximum atomic E-state index is 12.2. The van der Waals surface area contributed by atoms with E-state index in [1.54, 1.807) is 11.4 Å². The molecule has 1 aromatic rings. The van der Waals surface area contributed by atoms with Crippen molar-refractivity contribution in [3.8, 4) is 0 Å². The molecule has 2 N–H and O–H groups in total. The molecule has 0 saturated carbocycles. The van der Waals surface area contributed by atoms with E-state index in [4.69, 9.17) is 0 Å². The van der Waals surface area contributed by atoms with Gasteiger partial charge in [-0.25, -0.2) is 21.6 Å². The molecule has 2 rings (SSSR count). The molecule has 20 heavy (non-hydrogen) atoms. The number of sulfonamides is 1. The number of hydrogen-bond donors (Lipinski definition) is 2. The molecule has 1 fully saturated rings. The average molecular weight is 338 g/mol. The summed E-state index contributed by atoms with van der Waals surface area (Å²) in [5, 5.41) is 4.92. The summed E-state index contributed by atoms with van der Waals surface area (Å²) in [7, 11) is -6.71. The zero-order chi connectivity index (χ0) is 14.8. The summed E-state index contributed by atoms with van der Waals surface area (Å²) in [5.74, 6) is -0.0574. The molecular formula is C11H18N2O4S3. The third-order valence-electron chi connectivity index (χ3n) is 3.03. The van der Waals surface area contributed by atoms with Gasteiger partial charge in [0.1, 0.15) is 4.21 Å². The molecule has 1 saturated heterocycles. The van der Waals surface area contributed by atoms with Crippen LogP contribution >= 0.6 is 11.3 Å². The van der Waals surface area contributed by atoms with Gasteiger partial charge in [-0.15, -0.1) is 11.3 Å². The van der Waals surface area contributed by atoms with E-state index in [0.29, 0.717) is 13.0 Å². The molecule has 0 aromatic carbocycles. The molecule has 0 aliphatic carbocycles. The third-order valence-corrected chi connectivity index (χ3v) is 7.80. The topological polar surface area (TPSA) is 92.3 Å². The highest BCUT2D eigenvalue weighted by Gasteiger charge is 2.31. The van der Waals surface area contributed by atoms with Gasteiger partial charge in [-0.1, -0.05) is 6.92 Å². The molecule has 0 bridgehead atoms. The summed E-state index contributed by atoms with van der Waals surface area (Å²) in [6.07, 6.45) is 0.344. The van der Waals surface area contributed by atoms with Crippen LogP contribution in [0.1, 0.15) is 18.9 Å². The minimum absolute atomic E-state index is 0.0519. The van der Waals surface area contributed by atoms with E-state index in [2.05, 4.69) is 10.0 Å². The van der Waals surface area contributed by atoms with Crippen molar-refractivity contribution in [2.75, 3.05) is 18.1 Å². The summed E-state index contributed by atoms with van der Waals surface area (Å²) in [5.41, 5.74) is 0.913. The van der Waals surface area contributed by atoms with Crippen molar-refractivity contribution in [1.29, 1.82) is 0 Å². The Morgan fingerprint density at radius 3 is 2.80 bits per heavy atom. The SMILES string of the molecule is CCNCc1csc(S(=O)(=O)NC2CCS(=O)(=O)C2)c1. The van der Waals surface area contributed by atoms with Crippen LogP contribution in [-0.4, -0.2) is 40.9 Å². The summed E-state index contributed by atoms with van der Waals surface area (Å²) in [6, 6.07) is 1.11. The second kappa shape index (κ2) is 6.10. The molecule has 0 radical (unpaired) electrons. The largest absolute Gasteiger partial charge is 0.313 e. The highest BCUT2D eigenvalue weighted by Crippen LogP contribution is 2.22. The van der Waals surface area contributed by atoms with Gasteiger partial charge < -0.3 is 5.32 Å². The fraction of sp³-hybridized carbons (Fsp3) is 0.636. The van der Waals surface area contributed by atoms with Crippen LogP contribution in [0.4, 0.5) is 0 Å². The van der Waals surface area contributed by atoms with Crippen molar-refractivity contribution >= 4 is 31.2 Å². The molecule has 1 unspecified atom stereocenters. The molecule has 114 valence electrons. The molecule has 1 atom stereocenters. The first kappa shape index (κ1) is 15.9. The lowest BCUT2D eigenvalue weighted by atomic mass is 10.3. The molecule has 0 spiro atoms. The van der Waals surface area contributed by atoms with Gasteiger partial charge in [-0.3, -0.25) is 0 Å². The summed E-state index contributed by atoms with van der Waals surface area (Å²) >= 11 is 1.15. The lowest BCUT2D eigenvalue weighted by Crippen LogP contribution is -2.35.